The number of benzene rings is 1. The van der Waals surface area contributed by atoms with Crippen molar-refractivity contribution in [1.82, 2.24) is 9.55 Å². The third-order valence-corrected chi connectivity index (χ3v) is 6.21. The zero-order valence-corrected chi connectivity index (χ0v) is 20.2. The van der Waals surface area contributed by atoms with Crippen molar-refractivity contribution in [2.24, 2.45) is 13.0 Å². The van der Waals surface area contributed by atoms with Crippen LogP contribution in [0.25, 0.3) is 11.0 Å². The molecule has 2 heterocycles. The van der Waals surface area contributed by atoms with Crippen LogP contribution in [0.2, 0.25) is 0 Å². The van der Waals surface area contributed by atoms with Crippen LogP contribution >= 0.6 is 0 Å². The van der Waals surface area contributed by atoms with Gasteiger partial charge in [0, 0.05) is 48.8 Å². The number of allylic oxidation sites excluding steroid dienone is 1. The highest BCUT2D eigenvalue weighted by atomic mass is 16.5. The quantitative estimate of drug-likeness (QED) is 0.212. The Hall–Kier alpha value is -3.76. The number of carbonyl (C=O) groups is 2. The summed E-state index contributed by atoms with van der Waals surface area (Å²) in [4.78, 5) is 29.0. The van der Waals surface area contributed by atoms with Crippen LogP contribution in [-0.4, -0.2) is 39.6 Å². The van der Waals surface area contributed by atoms with E-state index in [4.69, 9.17) is 9.84 Å². The zero-order valence-electron chi connectivity index (χ0n) is 20.2. The maximum Gasteiger partial charge on any atom is 0.303 e. The molecule has 7 heteroatoms. The summed E-state index contributed by atoms with van der Waals surface area (Å²) in [7, 11) is 1.86. The lowest BCUT2D eigenvalue weighted by Gasteiger charge is -2.13. The van der Waals surface area contributed by atoms with Crippen molar-refractivity contribution >= 4 is 22.8 Å². The summed E-state index contributed by atoms with van der Waals surface area (Å²) in [5.74, 6) is -1.34. The molecular formula is C28H31N3O4. The first-order chi connectivity index (χ1) is 16.8. The second-order valence-electron chi connectivity index (χ2n) is 8.80. The van der Waals surface area contributed by atoms with Gasteiger partial charge in [0.15, 0.2) is 5.78 Å². The second kappa shape index (κ2) is 12.1. The largest absolute Gasteiger partial charge is 0.481 e. The lowest BCUT2D eigenvalue weighted by Crippen LogP contribution is -2.13. The summed E-state index contributed by atoms with van der Waals surface area (Å²) >= 11 is 0. The van der Waals surface area contributed by atoms with Crippen LogP contribution in [0.4, 0.5) is 0 Å². The second-order valence-corrected chi connectivity index (χ2v) is 8.80. The molecule has 1 aromatic carbocycles. The summed E-state index contributed by atoms with van der Waals surface area (Å²) in [6.45, 7) is 6.96. The van der Waals surface area contributed by atoms with E-state index in [0.29, 0.717) is 48.2 Å². The molecule has 0 fully saturated rings. The number of nitriles is 1. The van der Waals surface area contributed by atoms with Crippen molar-refractivity contribution in [1.29, 1.82) is 5.26 Å². The number of aryl methyl sites for hydroxylation is 1. The number of carboxylic acids is 1. The van der Waals surface area contributed by atoms with Crippen LogP contribution in [0.1, 0.15) is 59.3 Å². The maximum absolute atomic E-state index is 13.4. The molecule has 7 nitrogen and oxygen atoms in total. The summed E-state index contributed by atoms with van der Waals surface area (Å²) < 4.78 is 7.80. The van der Waals surface area contributed by atoms with Crippen LogP contribution in [0.5, 0.6) is 0 Å². The number of aliphatic carboxylic acids is 1. The number of aromatic nitrogens is 2. The van der Waals surface area contributed by atoms with Crippen molar-refractivity contribution in [3.8, 4) is 6.07 Å². The van der Waals surface area contributed by atoms with Crippen LogP contribution in [-0.2, 0) is 23.0 Å². The standard InChI is InChI=1S/C28H31N3O4/c1-4-20(15-26(33)34)14-25(32)27-23-13-21(16-29)17-30-28(23)31(3)24(27)11-8-12-35-18-19(2)22-9-6-5-7-10-22/h4-7,9-10,13,17,19-20H,1,8,11-12,14-15,18H2,2-3H3,(H,33,34)/t19-,20+/m1/s1. The van der Waals surface area contributed by atoms with Crippen molar-refractivity contribution in [2.75, 3.05) is 13.2 Å². The monoisotopic (exact) mass is 473 g/mol. The van der Waals surface area contributed by atoms with Crippen molar-refractivity contribution < 1.29 is 19.4 Å². The normalized spacial score (nSPS) is 12.7. The van der Waals surface area contributed by atoms with Crippen molar-refractivity contribution in [3.63, 3.8) is 0 Å². The molecule has 0 aliphatic carbocycles. The first kappa shape index (κ1) is 25.9. The average molecular weight is 474 g/mol. The molecule has 0 bridgehead atoms. The molecule has 2 atom stereocenters. The number of hydrogen-bond acceptors (Lipinski definition) is 5. The van der Waals surface area contributed by atoms with E-state index in [1.54, 1.807) is 6.07 Å². The molecule has 0 spiro atoms. The number of Topliss-reactive ketones (excluding diaryl/α,β-unsaturated/α-hetero) is 1. The molecule has 3 rings (SSSR count). The van der Waals surface area contributed by atoms with E-state index >= 15 is 0 Å². The molecule has 0 saturated carbocycles. The SMILES string of the molecule is C=C[C@H](CC(=O)O)CC(=O)c1c(CCCOC[C@@H](C)c2ccccc2)n(C)c2ncc(C#N)cc12. The molecule has 0 radical (unpaired) electrons. The predicted molar refractivity (Wildman–Crippen MR) is 134 cm³/mol. The van der Waals surface area contributed by atoms with Gasteiger partial charge in [-0.25, -0.2) is 4.98 Å². The molecular weight excluding hydrogens is 442 g/mol. The third kappa shape index (κ3) is 6.43. The number of fused-ring (bicyclic) bond motifs is 1. The van der Waals surface area contributed by atoms with Crippen LogP contribution < -0.4 is 0 Å². The topological polar surface area (TPSA) is 105 Å². The minimum absolute atomic E-state index is 0.0315. The van der Waals surface area contributed by atoms with Gasteiger partial charge in [0.1, 0.15) is 11.7 Å². The number of carboxylic acid groups (broad SMARTS) is 1. The van der Waals surface area contributed by atoms with Gasteiger partial charge in [-0.1, -0.05) is 43.3 Å². The summed E-state index contributed by atoms with van der Waals surface area (Å²) in [5.41, 5.74) is 3.53. The van der Waals surface area contributed by atoms with Crippen LogP contribution in [0.15, 0.2) is 55.3 Å². The number of ether oxygens (including phenoxy) is 1. The van der Waals surface area contributed by atoms with Crippen molar-refractivity contribution in [3.05, 3.63) is 77.6 Å². The zero-order chi connectivity index (χ0) is 25.4. The Bertz CT molecular complexity index is 1240. The number of rotatable bonds is 13. The van der Waals surface area contributed by atoms with Crippen LogP contribution in [0, 0.1) is 17.2 Å². The first-order valence-corrected chi connectivity index (χ1v) is 11.7. The van der Waals surface area contributed by atoms with E-state index in [1.165, 1.54) is 17.8 Å². The summed E-state index contributed by atoms with van der Waals surface area (Å²) in [5, 5.41) is 19.1. The van der Waals surface area contributed by atoms with Gasteiger partial charge >= 0.3 is 5.97 Å². The Morgan fingerprint density at radius 3 is 2.69 bits per heavy atom. The number of pyridine rings is 1. The number of nitrogens with zero attached hydrogens (tertiary/aromatic N) is 3. The molecule has 0 amide bonds. The fourth-order valence-corrected chi connectivity index (χ4v) is 4.31. The van der Waals surface area contributed by atoms with E-state index < -0.39 is 11.9 Å². The van der Waals surface area contributed by atoms with Gasteiger partial charge in [-0.2, -0.15) is 5.26 Å². The highest BCUT2D eigenvalue weighted by Gasteiger charge is 2.24. The molecule has 3 aromatic rings. The van der Waals surface area contributed by atoms with E-state index in [-0.39, 0.29) is 24.5 Å². The lowest BCUT2D eigenvalue weighted by atomic mass is 9.93. The van der Waals surface area contributed by atoms with E-state index in [0.717, 1.165) is 5.69 Å². The molecule has 1 N–H and O–H groups in total. The first-order valence-electron chi connectivity index (χ1n) is 11.7. The number of carbonyl (C=O) groups excluding carboxylic acids is 1. The van der Waals surface area contributed by atoms with Gasteiger partial charge in [-0.05, 0) is 30.4 Å². The van der Waals surface area contributed by atoms with E-state index in [9.17, 15) is 14.9 Å². The van der Waals surface area contributed by atoms with Gasteiger partial charge in [-0.3, -0.25) is 9.59 Å². The van der Waals surface area contributed by atoms with Gasteiger partial charge < -0.3 is 14.4 Å². The highest BCUT2D eigenvalue weighted by molar-refractivity contribution is 6.09. The molecule has 0 unspecified atom stereocenters. The third-order valence-electron chi connectivity index (χ3n) is 6.21. The molecule has 182 valence electrons. The average Bonchev–Trinajstić information content (AvgIpc) is 3.14. The number of hydrogen-bond donors (Lipinski definition) is 1. The molecule has 2 aromatic heterocycles. The summed E-state index contributed by atoms with van der Waals surface area (Å²) in [6, 6.07) is 14.0. The summed E-state index contributed by atoms with van der Waals surface area (Å²) in [6.07, 6.45) is 4.17. The minimum atomic E-state index is -0.976. The van der Waals surface area contributed by atoms with Gasteiger partial charge in [-0.15, -0.1) is 6.58 Å². The molecule has 0 aliphatic heterocycles. The number of ketones is 1. The van der Waals surface area contributed by atoms with Gasteiger partial charge in [0.2, 0.25) is 0 Å². The molecule has 0 saturated heterocycles. The van der Waals surface area contributed by atoms with Crippen LogP contribution in [0.3, 0.4) is 0 Å². The Kier molecular flexibility index (Phi) is 8.93. The predicted octanol–water partition coefficient (Wildman–Crippen LogP) is 5.05. The lowest BCUT2D eigenvalue weighted by molar-refractivity contribution is -0.137. The fourth-order valence-electron chi connectivity index (χ4n) is 4.31. The Morgan fingerprint density at radius 1 is 1.29 bits per heavy atom. The van der Waals surface area contributed by atoms with Crippen molar-refractivity contribution in [2.45, 2.75) is 38.5 Å². The molecule has 35 heavy (non-hydrogen) atoms. The molecule has 0 aliphatic rings. The van der Waals surface area contributed by atoms with Gasteiger partial charge in [0.25, 0.3) is 0 Å². The minimum Gasteiger partial charge on any atom is -0.481 e. The maximum atomic E-state index is 13.4. The Morgan fingerprint density at radius 2 is 2.03 bits per heavy atom. The van der Waals surface area contributed by atoms with Gasteiger partial charge in [0.05, 0.1) is 18.6 Å². The van der Waals surface area contributed by atoms with E-state index in [1.807, 2.05) is 29.8 Å². The smallest absolute Gasteiger partial charge is 0.303 e. The fraction of sp³-hybridized carbons (Fsp3) is 0.357. The van der Waals surface area contributed by atoms with E-state index in [2.05, 4.69) is 36.7 Å². The highest BCUT2D eigenvalue weighted by Crippen LogP contribution is 2.29. The Balaban J connectivity index is 1.77. The Labute approximate surface area is 205 Å².